The highest BCUT2D eigenvalue weighted by atomic mass is 35.5. The van der Waals surface area contributed by atoms with Gasteiger partial charge in [-0.1, -0.05) is 25.4 Å². The molecule has 84 valence electrons. The maximum absolute atomic E-state index is 11.4. The molecule has 15 heavy (non-hydrogen) atoms. The van der Waals surface area contributed by atoms with Gasteiger partial charge in [0.05, 0.1) is 0 Å². The van der Waals surface area contributed by atoms with Crippen LogP contribution in [0.15, 0.2) is 15.7 Å². The first kappa shape index (κ1) is 12.0. The Morgan fingerprint density at radius 3 is 2.67 bits per heavy atom. The van der Waals surface area contributed by atoms with Crippen LogP contribution in [0.1, 0.15) is 26.7 Å². The van der Waals surface area contributed by atoms with E-state index in [1.54, 1.807) is 0 Å². The van der Waals surface area contributed by atoms with Crippen LogP contribution in [-0.4, -0.2) is 9.55 Å². The summed E-state index contributed by atoms with van der Waals surface area (Å²) in [5.41, 5.74) is -0.774. The number of hydrogen-bond donors (Lipinski definition) is 1. The van der Waals surface area contributed by atoms with Crippen LogP contribution in [-0.2, 0) is 6.54 Å². The number of rotatable bonds is 4. The second-order valence-corrected chi connectivity index (χ2v) is 4.36. The summed E-state index contributed by atoms with van der Waals surface area (Å²) in [5, 5.41) is 0.0881. The van der Waals surface area contributed by atoms with Gasteiger partial charge in [0.15, 0.2) is 0 Å². The Bertz CT molecular complexity index is 403. The van der Waals surface area contributed by atoms with Crippen LogP contribution in [0.4, 0.5) is 0 Å². The molecule has 0 aliphatic rings. The van der Waals surface area contributed by atoms with E-state index in [0.717, 1.165) is 12.8 Å². The van der Waals surface area contributed by atoms with Crippen LogP contribution in [0.5, 0.6) is 0 Å². The average Bonchev–Trinajstić information content (AvgIpc) is 2.08. The van der Waals surface area contributed by atoms with Gasteiger partial charge in [-0.3, -0.25) is 14.3 Å². The topological polar surface area (TPSA) is 54.9 Å². The van der Waals surface area contributed by atoms with Crippen molar-refractivity contribution in [2.45, 2.75) is 33.2 Å². The predicted octanol–water partition coefficient (Wildman–Crippen LogP) is 1.63. The molecule has 0 atom stereocenters. The van der Waals surface area contributed by atoms with Crippen molar-refractivity contribution >= 4 is 11.6 Å². The third-order valence-electron chi connectivity index (χ3n) is 2.15. The van der Waals surface area contributed by atoms with Gasteiger partial charge >= 0.3 is 5.69 Å². The van der Waals surface area contributed by atoms with Crippen LogP contribution in [0.2, 0.25) is 5.15 Å². The second kappa shape index (κ2) is 5.16. The molecule has 0 aliphatic carbocycles. The van der Waals surface area contributed by atoms with Crippen molar-refractivity contribution in [2.75, 3.05) is 0 Å². The summed E-state index contributed by atoms with van der Waals surface area (Å²) in [5.74, 6) is 0.576. The lowest BCUT2D eigenvalue weighted by atomic mass is 10.1. The Hall–Kier alpha value is -1.03. The van der Waals surface area contributed by atoms with Crippen molar-refractivity contribution < 1.29 is 0 Å². The summed E-state index contributed by atoms with van der Waals surface area (Å²) in [4.78, 5) is 25.1. The van der Waals surface area contributed by atoms with Crippen molar-refractivity contribution in [1.82, 2.24) is 9.55 Å². The molecule has 0 amide bonds. The molecular formula is C10H15ClN2O2. The highest BCUT2D eigenvalue weighted by Crippen LogP contribution is 2.03. The van der Waals surface area contributed by atoms with Gasteiger partial charge in [0.25, 0.3) is 5.56 Å². The largest absolute Gasteiger partial charge is 0.329 e. The highest BCUT2D eigenvalue weighted by Gasteiger charge is 2.03. The quantitative estimate of drug-likeness (QED) is 0.800. The summed E-state index contributed by atoms with van der Waals surface area (Å²) < 4.78 is 1.17. The summed E-state index contributed by atoms with van der Waals surface area (Å²) in [6.07, 6.45) is 1.82. The first-order valence-electron chi connectivity index (χ1n) is 5.00. The zero-order chi connectivity index (χ0) is 11.4. The van der Waals surface area contributed by atoms with E-state index in [2.05, 4.69) is 18.8 Å². The second-order valence-electron chi connectivity index (χ2n) is 3.95. The Labute approximate surface area is 92.9 Å². The molecule has 0 spiro atoms. The van der Waals surface area contributed by atoms with Crippen LogP contribution < -0.4 is 11.2 Å². The van der Waals surface area contributed by atoms with E-state index < -0.39 is 5.69 Å². The number of H-pyrrole nitrogens is 1. The van der Waals surface area contributed by atoms with Crippen molar-refractivity contribution in [3.05, 3.63) is 32.1 Å². The van der Waals surface area contributed by atoms with Gasteiger partial charge < -0.3 is 0 Å². The minimum Gasteiger partial charge on any atom is -0.298 e. The van der Waals surface area contributed by atoms with Gasteiger partial charge in [-0.25, -0.2) is 4.79 Å². The minimum absolute atomic E-state index is 0.0881. The summed E-state index contributed by atoms with van der Waals surface area (Å²) >= 11 is 5.54. The summed E-state index contributed by atoms with van der Waals surface area (Å²) in [7, 11) is 0. The van der Waals surface area contributed by atoms with Gasteiger partial charge in [-0.15, -0.1) is 0 Å². The van der Waals surface area contributed by atoms with E-state index in [1.165, 1.54) is 10.6 Å². The van der Waals surface area contributed by atoms with E-state index in [9.17, 15) is 9.59 Å². The highest BCUT2D eigenvalue weighted by molar-refractivity contribution is 6.29. The lowest BCUT2D eigenvalue weighted by Gasteiger charge is -2.06. The summed E-state index contributed by atoms with van der Waals surface area (Å²) in [6, 6.07) is 1.22. The van der Waals surface area contributed by atoms with Crippen LogP contribution in [0.3, 0.4) is 0 Å². The molecule has 4 nitrogen and oxygen atoms in total. The van der Waals surface area contributed by atoms with Crippen molar-refractivity contribution in [3.63, 3.8) is 0 Å². The maximum atomic E-state index is 11.4. The molecule has 0 unspecified atom stereocenters. The number of nitrogens with zero attached hydrogens (tertiary/aromatic N) is 1. The van der Waals surface area contributed by atoms with E-state index in [1.807, 2.05) is 0 Å². The SMILES string of the molecule is CC(C)CCCn1c(=O)cc(Cl)[nH]c1=O. The fourth-order valence-electron chi connectivity index (χ4n) is 1.36. The van der Waals surface area contributed by atoms with Crippen molar-refractivity contribution in [1.29, 1.82) is 0 Å². The number of aromatic amines is 1. The van der Waals surface area contributed by atoms with Gasteiger partial charge in [-0.2, -0.15) is 0 Å². The van der Waals surface area contributed by atoms with Gasteiger partial charge in [0, 0.05) is 12.6 Å². The number of halogens is 1. The maximum Gasteiger partial charge on any atom is 0.329 e. The third-order valence-corrected chi connectivity index (χ3v) is 2.35. The monoisotopic (exact) mass is 230 g/mol. The average molecular weight is 231 g/mol. The Balaban J connectivity index is 2.78. The molecule has 0 saturated heterocycles. The number of aromatic nitrogens is 2. The van der Waals surface area contributed by atoms with Crippen LogP contribution in [0, 0.1) is 5.92 Å². The molecule has 1 aromatic heterocycles. The zero-order valence-corrected chi connectivity index (χ0v) is 9.67. The first-order chi connectivity index (χ1) is 7.00. The van der Waals surface area contributed by atoms with E-state index in [4.69, 9.17) is 11.6 Å². The lowest BCUT2D eigenvalue weighted by Crippen LogP contribution is -2.34. The molecule has 0 fully saturated rings. The molecule has 1 N–H and O–H groups in total. The smallest absolute Gasteiger partial charge is 0.298 e. The molecule has 0 radical (unpaired) electrons. The summed E-state index contributed by atoms with van der Waals surface area (Å²) in [6.45, 7) is 4.66. The molecule has 1 rings (SSSR count). The molecule has 0 aromatic carbocycles. The third kappa shape index (κ3) is 3.55. The molecule has 0 saturated carbocycles. The standard InChI is InChI=1S/C10H15ClN2O2/c1-7(2)4-3-5-13-9(14)6-8(11)12-10(13)15/h6-7H,3-5H2,1-2H3,(H,12,15). The number of hydrogen-bond acceptors (Lipinski definition) is 2. The van der Waals surface area contributed by atoms with E-state index in [0.29, 0.717) is 12.5 Å². The molecular weight excluding hydrogens is 216 g/mol. The van der Waals surface area contributed by atoms with Crippen molar-refractivity contribution in [3.8, 4) is 0 Å². The molecule has 0 aliphatic heterocycles. The van der Waals surface area contributed by atoms with Crippen LogP contribution >= 0.6 is 11.6 Å². The number of nitrogens with one attached hydrogen (secondary N) is 1. The molecule has 0 bridgehead atoms. The normalized spacial score (nSPS) is 10.9. The fraction of sp³-hybridized carbons (Fsp3) is 0.600. The molecule has 1 heterocycles. The Kier molecular flexibility index (Phi) is 4.15. The fourth-order valence-corrected chi connectivity index (χ4v) is 1.54. The van der Waals surface area contributed by atoms with Crippen LogP contribution in [0.25, 0.3) is 0 Å². The minimum atomic E-state index is -0.434. The van der Waals surface area contributed by atoms with E-state index >= 15 is 0 Å². The molecule has 5 heteroatoms. The Morgan fingerprint density at radius 1 is 1.47 bits per heavy atom. The van der Waals surface area contributed by atoms with Crippen molar-refractivity contribution in [2.24, 2.45) is 5.92 Å². The lowest BCUT2D eigenvalue weighted by molar-refractivity contribution is 0.495. The van der Waals surface area contributed by atoms with E-state index in [-0.39, 0.29) is 10.7 Å². The van der Waals surface area contributed by atoms with Gasteiger partial charge in [0.1, 0.15) is 5.15 Å². The molecule has 1 aromatic rings. The van der Waals surface area contributed by atoms with Gasteiger partial charge in [-0.05, 0) is 18.8 Å². The first-order valence-corrected chi connectivity index (χ1v) is 5.38. The zero-order valence-electron chi connectivity index (χ0n) is 8.92. The predicted molar refractivity (Wildman–Crippen MR) is 60.4 cm³/mol. The Morgan fingerprint density at radius 2 is 2.13 bits per heavy atom. The van der Waals surface area contributed by atoms with Gasteiger partial charge in [0.2, 0.25) is 0 Å².